The molecule has 172 valence electrons. The average molecular weight is 453 g/mol. The predicted molar refractivity (Wildman–Crippen MR) is 152 cm³/mol. The van der Waals surface area contributed by atoms with Crippen LogP contribution in [0.3, 0.4) is 0 Å². The van der Waals surface area contributed by atoms with Crippen molar-refractivity contribution in [1.82, 2.24) is 0 Å². The second kappa shape index (κ2) is 9.76. The second-order valence-electron chi connectivity index (χ2n) is 9.56. The third-order valence-electron chi connectivity index (χ3n) is 6.99. The summed E-state index contributed by atoms with van der Waals surface area (Å²) in [5.74, 6) is 0. The van der Waals surface area contributed by atoms with Gasteiger partial charge in [-0.2, -0.15) is 0 Å². The van der Waals surface area contributed by atoms with Crippen LogP contribution in [0, 0.1) is 20.8 Å². The summed E-state index contributed by atoms with van der Waals surface area (Å²) in [6.45, 7) is 8.71. The smallest absolute Gasteiger partial charge is 0.0152 e. The fraction of sp³-hybridized carbons (Fsp3) is 0.143. The van der Waals surface area contributed by atoms with Gasteiger partial charge in [0.1, 0.15) is 0 Å². The number of hydrogen-bond acceptors (Lipinski definition) is 0. The van der Waals surface area contributed by atoms with Crippen molar-refractivity contribution in [3.8, 4) is 44.5 Å². The highest BCUT2D eigenvalue weighted by molar-refractivity contribution is 5.77. The predicted octanol–water partition coefficient (Wildman–Crippen LogP) is 9.84. The van der Waals surface area contributed by atoms with Crippen LogP contribution in [-0.2, 0) is 6.42 Å². The number of rotatable bonds is 5. The number of hydrogen-bond donors (Lipinski definition) is 0. The van der Waals surface area contributed by atoms with Crippen LogP contribution in [0.2, 0.25) is 0 Å². The molecule has 0 aromatic heterocycles. The van der Waals surface area contributed by atoms with Crippen LogP contribution in [0.1, 0.15) is 29.2 Å². The van der Waals surface area contributed by atoms with Crippen LogP contribution < -0.4 is 0 Å². The van der Waals surface area contributed by atoms with E-state index in [1.54, 1.807) is 0 Å². The summed E-state index contributed by atoms with van der Waals surface area (Å²) in [4.78, 5) is 0. The Morgan fingerprint density at radius 1 is 0.400 bits per heavy atom. The van der Waals surface area contributed by atoms with Gasteiger partial charge in [-0.25, -0.2) is 0 Å². The summed E-state index contributed by atoms with van der Waals surface area (Å²) in [6.07, 6.45) is 1.02. The van der Waals surface area contributed by atoms with Crippen molar-refractivity contribution in [2.24, 2.45) is 0 Å². The zero-order chi connectivity index (χ0) is 24.4. The van der Waals surface area contributed by atoms with E-state index in [9.17, 15) is 0 Å². The minimum Gasteiger partial charge on any atom is -0.0613 e. The first-order chi connectivity index (χ1) is 17.0. The minimum absolute atomic E-state index is 1.02. The van der Waals surface area contributed by atoms with Crippen LogP contribution in [0.5, 0.6) is 0 Å². The number of benzene rings is 5. The van der Waals surface area contributed by atoms with E-state index in [0.717, 1.165) is 6.42 Å². The van der Waals surface area contributed by atoms with Gasteiger partial charge in [-0.15, -0.1) is 0 Å². The molecule has 0 heterocycles. The molecule has 0 nitrogen and oxygen atoms in total. The van der Waals surface area contributed by atoms with Crippen LogP contribution in [0.4, 0.5) is 0 Å². The monoisotopic (exact) mass is 452 g/mol. The molecule has 0 saturated carbocycles. The SMILES string of the molecule is CCc1cc(-c2ccc(-c3ccc(-c4ccc(C)cc4)c(C)c3)cc2)ccc1-c1ccc(C)cc1. The zero-order valence-corrected chi connectivity index (χ0v) is 21.1. The van der Waals surface area contributed by atoms with Crippen molar-refractivity contribution < 1.29 is 0 Å². The summed E-state index contributed by atoms with van der Waals surface area (Å²) in [5, 5.41) is 0. The maximum Gasteiger partial charge on any atom is -0.0152 e. The average Bonchev–Trinajstić information content (AvgIpc) is 2.89. The Morgan fingerprint density at radius 2 is 0.800 bits per heavy atom. The van der Waals surface area contributed by atoms with Gasteiger partial charge in [-0.1, -0.05) is 127 Å². The van der Waals surface area contributed by atoms with Gasteiger partial charge in [0.2, 0.25) is 0 Å². The molecule has 0 saturated heterocycles. The molecule has 5 aromatic carbocycles. The molecule has 0 aliphatic carbocycles. The lowest BCUT2D eigenvalue weighted by Crippen LogP contribution is -1.90. The summed E-state index contributed by atoms with van der Waals surface area (Å²) >= 11 is 0. The highest BCUT2D eigenvalue weighted by Crippen LogP contribution is 2.32. The molecule has 0 amide bonds. The van der Waals surface area contributed by atoms with Gasteiger partial charge in [-0.3, -0.25) is 0 Å². The molecule has 0 bridgehead atoms. The standard InChI is InChI=1S/C35H32/c1-5-27-23-33(19-21-35(27)31-12-8-25(3)9-13-31)29-16-14-28(15-17-29)32-18-20-34(26(4)22-32)30-10-6-24(2)7-11-30/h6-23H,5H2,1-4H3. The van der Waals surface area contributed by atoms with Crippen molar-refractivity contribution in [3.05, 3.63) is 131 Å². The third-order valence-corrected chi connectivity index (χ3v) is 6.99. The van der Waals surface area contributed by atoms with Gasteiger partial charge in [0, 0.05) is 0 Å². The van der Waals surface area contributed by atoms with Crippen molar-refractivity contribution in [3.63, 3.8) is 0 Å². The Morgan fingerprint density at radius 3 is 1.29 bits per heavy atom. The van der Waals surface area contributed by atoms with Crippen molar-refractivity contribution >= 4 is 0 Å². The van der Waals surface area contributed by atoms with Gasteiger partial charge in [0.25, 0.3) is 0 Å². The summed E-state index contributed by atoms with van der Waals surface area (Å²) < 4.78 is 0. The van der Waals surface area contributed by atoms with E-state index in [0.29, 0.717) is 0 Å². The van der Waals surface area contributed by atoms with Crippen LogP contribution in [0.15, 0.2) is 109 Å². The Balaban J connectivity index is 1.41. The largest absolute Gasteiger partial charge is 0.0613 e. The molecule has 0 unspecified atom stereocenters. The highest BCUT2D eigenvalue weighted by atomic mass is 14.1. The first kappa shape index (κ1) is 22.9. The van der Waals surface area contributed by atoms with E-state index in [4.69, 9.17) is 0 Å². The highest BCUT2D eigenvalue weighted by Gasteiger charge is 2.08. The van der Waals surface area contributed by atoms with Crippen molar-refractivity contribution in [1.29, 1.82) is 0 Å². The summed E-state index contributed by atoms with van der Waals surface area (Å²) in [7, 11) is 0. The Labute approximate surface area is 209 Å². The van der Waals surface area contributed by atoms with E-state index in [1.807, 2.05) is 0 Å². The first-order valence-corrected chi connectivity index (χ1v) is 12.5. The van der Waals surface area contributed by atoms with Gasteiger partial charge >= 0.3 is 0 Å². The molecular weight excluding hydrogens is 420 g/mol. The van der Waals surface area contributed by atoms with Crippen molar-refractivity contribution in [2.75, 3.05) is 0 Å². The van der Waals surface area contributed by atoms with E-state index in [1.165, 1.54) is 66.8 Å². The molecule has 0 aliphatic rings. The normalized spacial score (nSPS) is 11.0. The lowest BCUT2D eigenvalue weighted by Gasteiger charge is -2.13. The summed E-state index contributed by atoms with van der Waals surface area (Å²) in [5.41, 5.74) is 15.5. The lowest BCUT2D eigenvalue weighted by molar-refractivity contribution is 1.14. The minimum atomic E-state index is 1.02. The lowest BCUT2D eigenvalue weighted by atomic mass is 9.92. The van der Waals surface area contributed by atoms with Crippen LogP contribution in [0.25, 0.3) is 44.5 Å². The third kappa shape index (κ3) is 4.84. The van der Waals surface area contributed by atoms with E-state index >= 15 is 0 Å². The van der Waals surface area contributed by atoms with Gasteiger partial charge in [0.05, 0.1) is 0 Å². The molecule has 35 heavy (non-hydrogen) atoms. The maximum absolute atomic E-state index is 2.35. The van der Waals surface area contributed by atoms with E-state index < -0.39 is 0 Å². The number of aryl methyl sites for hydroxylation is 4. The van der Waals surface area contributed by atoms with Gasteiger partial charge < -0.3 is 0 Å². The van der Waals surface area contributed by atoms with Gasteiger partial charge in [0.15, 0.2) is 0 Å². The van der Waals surface area contributed by atoms with Gasteiger partial charge in [-0.05, 0) is 82.8 Å². The molecule has 5 rings (SSSR count). The molecule has 0 heteroatoms. The molecule has 0 aliphatic heterocycles. The maximum atomic E-state index is 2.35. The molecule has 0 spiro atoms. The molecular formula is C35H32. The summed E-state index contributed by atoms with van der Waals surface area (Å²) in [6, 6.07) is 40.3. The van der Waals surface area contributed by atoms with E-state index in [2.05, 4.69) is 137 Å². The fourth-order valence-electron chi connectivity index (χ4n) is 4.84. The second-order valence-corrected chi connectivity index (χ2v) is 9.56. The molecule has 5 aromatic rings. The molecule has 0 radical (unpaired) electrons. The molecule has 0 fully saturated rings. The first-order valence-electron chi connectivity index (χ1n) is 12.5. The van der Waals surface area contributed by atoms with Crippen LogP contribution >= 0.6 is 0 Å². The van der Waals surface area contributed by atoms with E-state index in [-0.39, 0.29) is 0 Å². The Kier molecular flexibility index (Phi) is 6.38. The fourth-order valence-corrected chi connectivity index (χ4v) is 4.84. The molecule has 0 N–H and O–H groups in total. The molecule has 0 atom stereocenters. The van der Waals surface area contributed by atoms with Crippen molar-refractivity contribution in [2.45, 2.75) is 34.1 Å². The van der Waals surface area contributed by atoms with Crippen LogP contribution in [-0.4, -0.2) is 0 Å². The quantitative estimate of drug-likeness (QED) is 0.249. The zero-order valence-electron chi connectivity index (χ0n) is 21.1. The Bertz CT molecular complexity index is 1450. The Hall–Kier alpha value is -3.90. The topological polar surface area (TPSA) is 0 Å².